The average molecular weight is 280 g/mol. The predicted molar refractivity (Wildman–Crippen MR) is 77.6 cm³/mol. The molecule has 112 valence electrons. The van der Waals surface area contributed by atoms with E-state index >= 15 is 0 Å². The van der Waals surface area contributed by atoms with Crippen LogP contribution in [0.15, 0.2) is 18.2 Å². The van der Waals surface area contributed by atoms with Crippen molar-refractivity contribution in [2.45, 2.75) is 38.2 Å². The summed E-state index contributed by atoms with van der Waals surface area (Å²) in [5.41, 5.74) is 0.587. The van der Waals surface area contributed by atoms with E-state index < -0.39 is 0 Å². The Bertz CT molecular complexity index is 436. The Morgan fingerprint density at radius 3 is 2.80 bits per heavy atom. The quantitative estimate of drug-likeness (QED) is 0.900. The van der Waals surface area contributed by atoms with Crippen LogP contribution in [0.3, 0.4) is 0 Å². The van der Waals surface area contributed by atoms with Crippen LogP contribution >= 0.6 is 0 Å². The van der Waals surface area contributed by atoms with Gasteiger partial charge < -0.3 is 19.3 Å². The van der Waals surface area contributed by atoms with Gasteiger partial charge in [-0.25, -0.2) is 0 Å². The first-order valence-electron chi connectivity index (χ1n) is 7.11. The SMILES string of the molecule is COc1cccc(C(C)(C)CO)c1OC1CCCOC1. The summed E-state index contributed by atoms with van der Waals surface area (Å²) in [6.07, 6.45) is 2.04. The summed E-state index contributed by atoms with van der Waals surface area (Å²) >= 11 is 0. The second-order valence-electron chi connectivity index (χ2n) is 5.84. The first kappa shape index (κ1) is 15.1. The van der Waals surface area contributed by atoms with Crippen molar-refractivity contribution in [3.8, 4) is 11.5 Å². The van der Waals surface area contributed by atoms with Crippen LogP contribution in [-0.4, -0.2) is 38.1 Å². The molecule has 4 nitrogen and oxygen atoms in total. The summed E-state index contributed by atoms with van der Waals surface area (Å²) in [4.78, 5) is 0. The van der Waals surface area contributed by atoms with Gasteiger partial charge >= 0.3 is 0 Å². The van der Waals surface area contributed by atoms with Gasteiger partial charge in [0.15, 0.2) is 11.5 Å². The zero-order chi connectivity index (χ0) is 14.6. The number of rotatable bonds is 5. The molecule has 1 aliphatic heterocycles. The molecule has 1 aliphatic rings. The highest BCUT2D eigenvalue weighted by Crippen LogP contribution is 2.39. The third-order valence-corrected chi connectivity index (χ3v) is 3.73. The molecule has 1 aromatic rings. The fourth-order valence-electron chi connectivity index (χ4n) is 2.39. The van der Waals surface area contributed by atoms with E-state index in [4.69, 9.17) is 14.2 Å². The van der Waals surface area contributed by atoms with E-state index in [0.29, 0.717) is 12.4 Å². The fourth-order valence-corrected chi connectivity index (χ4v) is 2.39. The monoisotopic (exact) mass is 280 g/mol. The van der Waals surface area contributed by atoms with Crippen LogP contribution in [0.25, 0.3) is 0 Å². The molecule has 0 amide bonds. The number of benzene rings is 1. The van der Waals surface area contributed by atoms with E-state index in [0.717, 1.165) is 30.8 Å². The number of methoxy groups -OCH3 is 1. The maximum atomic E-state index is 9.62. The third kappa shape index (κ3) is 3.25. The van der Waals surface area contributed by atoms with E-state index in [-0.39, 0.29) is 18.1 Å². The molecule has 1 aromatic carbocycles. The van der Waals surface area contributed by atoms with Gasteiger partial charge in [-0.05, 0) is 18.9 Å². The average Bonchev–Trinajstić information content (AvgIpc) is 2.48. The highest BCUT2D eigenvalue weighted by atomic mass is 16.5. The van der Waals surface area contributed by atoms with Crippen molar-refractivity contribution in [3.63, 3.8) is 0 Å². The molecular formula is C16H24O4. The second-order valence-corrected chi connectivity index (χ2v) is 5.84. The lowest BCUT2D eigenvalue weighted by Crippen LogP contribution is -2.30. The number of hydrogen-bond acceptors (Lipinski definition) is 4. The Labute approximate surface area is 120 Å². The molecule has 0 saturated carbocycles. The Morgan fingerprint density at radius 2 is 2.20 bits per heavy atom. The molecule has 1 N–H and O–H groups in total. The number of hydrogen-bond donors (Lipinski definition) is 1. The van der Waals surface area contributed by atoms with Crippen molar-refractivity contribution in [2.24, 2.45) is 0 Å². The highest BCUT2D eigenvalue weighted by Gasteiger charge is 2.28. The number of ether oxygens (including phenoxy) is 3. The second kappa shape index (κ2) is 6.46. The number of aliphatic hydroxyl groups is 1. The summed E-state index contributed by atoms with van der Waals surface area (Å²) < 4.78 is 17.0. The van der Waals surface area contributed by atoms with E-state index in [1.807, 2.05) is 32.0 Å². The van der Waals surface area contributed by atoms with Crippen molar-refractivity contribution in [1.82, 2.24) is 0 Å². The van der Waals surface area contributed by atoms with E-state index in [9.17, 15) is 5.11 Å². The predicted octanol–water partition coefficient (Wildman–Crippen LogP) is 2.52. The van der Waals surface area contributed by atoms with Crippen molar-refractivity contribution in [1.29, 1.82) is 0 Å². The maximum absolute atomic E-state index is 9.62. The molecule has 0 spiro atoms. The van der Waals surface area contributed by atoms with E-state index in [1.54, 1.807) is 7.11 Å². The van der Waals surface area contributed by atoms with Crippen molar-refractivity contribution in [3.05, 3.63) is 23.8 Å². The Morgan fingerprint density at radius 1 is 1.40 bits per heavy atom. The van der Waals surface area contributed by atoms with Gasteiger partial charge in [-0.3, -0.25) is 0 Å². The molecule has 2 rings (SSSR count). The number of para-hydroxylation sites is 1. The minimum atomic E-state index is -0.376. The van der Waals surface area contributed by atoms with Crippen molar-refractivity contribution in [2.75, 3.05) is 26.9 Å². The normalized spacial score (nSPS) is 19.7. The van der Waals surface area contributed by atoms with Crippen LogP contribution in [0.4, 0.5) is 0 Å². The summed E-state index contributed by atoms with van der Waals surface area (Å²) in [7, 11) is 1.63. The molecule has 20 heavy (non-hydrogen) atoms. The zero-order valence-electron chi connectivity index (χ0n) is 12.5. The summed E-state index contributed by atoms with van der Waals surface area (Å²) in [6, 6.07) is 5.80. The first-order chi connectivity index (χ1) is 9.58. The molecule has 0 bridgehead atoms. The Hall–Kier alpha value is -1.26. The molecule has 0 aliphatic carbocycles. The van der Waals surface area contributed by atoms with Crippen molar-refractivity contribution >= 4 is 0 Å². The first-order valence-corrected chi connectivity index (χ1v) is 7.11. The van der Waals surface area contributed by atoms with Gasteiger partial charge in [-0.2, -0.15) is 0 Å². The van der Waals surface area contributed by atoms with Crippen molar-refractivity contribution < 1.29 is 19.3 Å². The minimum absolute atomic E-state index is 0.0493. The summed E-state index contributed by atoms with van der Waals surface area (Å²) in [5.74, 6) is 1.43. The minimum Gasteiger partial charge on any atom is -0.493 e. The van der Waals surface area contributed by atoms with Crippen LogP contribution in [0.1, 0.15) is 32.3 Å². The lowest BCUT2D eigenvalue weighted by molar-refractivity contribution is 0.00539. The summed E-state index contributed by atoms with van der Waals surface area (Å²) in [5, 5.41) is 9.62. The van der Waals surface area contributed by atoms with Gasteiger partial charge in [-0.15, -0.1) is 0 Å². The standard InChI is InChI=1S/C16H24O4/c1-16(2,11-17)13-7-4-8-14(18-3)15(13)20-12-6-5-9-19-10-12/h4,7-8,12,17H,5-6,9-11H2,1-3H3. The van der Waals surface area contributed by atoms with Gasteiger partial charge in [0.05, 0.1) is 20.3 Å². The third-order valence-electron chi connectivity index (χ3n) is 3.73. The van der Waals surface area contributed by atoms with Crippen LogP contribution in [0, 0.1) is 0 Å². The Balaban J connectivity index is 2.32. The summed E-state index contributed by atoms with van der Waals surface area (Å²) in [6.45, 7) is 5.45. The van der Waals surface area contributed by atoms with Crippen LogP contribution in [-0.2, 0) is 10.2 Å². The smallest absolute Gasteiger partial charge is 0.165 e. The van der Waals surface area contributed by atoms with E-state index in [2.05, 4.69) is 0 Å². The molecule has 0 aromatic heterocycles. The molecular weight excluding hydrogens is 256 g/mol. The molecule has 4 heteroatoms. The van der Waals surface area contributed by atoms with Crippen LogP contribution in [0.2, 0.25) is 0 Å². The van der Waals surface area contributed by atoms with Crippen LogP contribution in [0.5, 0.6) is 11.5 Å². The molecule has 1 heterocycles. The lowest BCUT2D eigenvalue weighted by Gasteiger charge is -2.30. The van der Waals surface area contributed by atoms with Crippen LogP contribution < -0.4 is 9.47 Å². The fraction of sp³-hybridized carbons (Fsp3) is 0.625. The molecule has 0 radical (unpaired) electrons. The molecule has 1 unspecified atom stereocenters. The zero-order valence-corrected chi connectivity index (χ0v) is 12.5. The van der Waals surface area contributed by atoms with Gasteiger partial charge in [0.1, 0.15) is 6.10 Å². The molecule has 1 fully saturated rings. The van der Waals surface area contributed by atoms with Gasteiger partial charge in [0.25, 0.3) is 0 Å². The Kier molecular flexibility index (Phi) is 4.89. The lowest BCUT2D eigenvalue weighted by atomic mass is 9.84. The van der Waals surface area contributed by atoms with Gasteiger partial charge in [0, 0.05) is 17.6 Å². The highest BCUT2D eigenvalue weighted by molar-refractivity contribution is 5.50. The maximum Gasteiger partial charge on any atom is 0.165 e. The molecule has 1 saturated heterocycles. The topological polar surface area (TPSA) is 47.9 Å². The largest absolute Gasteiger partial charge is 0.493 e. The van der Waals surface area contributed by atoms with Gasteiger partial charge in [-0.1, -0.05) is 26.0 Å². The number of aliphatic hydroxyl groups excluding tert-OH is 1. The molecule has 1 atom stereocenters. The van der Waals surface area contributed by atoms with E-state index in [1.165, 1.54) is 0 Å². The van der Waals surface area contributed by atoms with Gasteiger partial charge in [0.2, 0.25) is 0 Å².